The van der Waals surface area contributed by atoms with Gasteiger partial charge >= 0.3 is 5.97 Å². The van der Waals surface area contributed by atoms with Crippen molar-refractivity contribution in [2.75, 3.05) is 0 Å². The van der Waals surface area contributed by atoms with Gasteiger partial charge in [0.1, 0.15) is 0 Å². The first-order valence-electron chi connectivity index (χ1n) is 10.9. The minimum Gasteiger partial charge on any atom is -0.481 e. The van der Waals surface area contributed by atoms with Gasteiger partial charge in [-0.2, -0.15) is 0 Å². The molecule has 2 bridgehead atoms. The van der Waals surface area contributed by atoms with Crippen LogP contribution in [0, 0.1) is 29.6 Å². The molecule has 0 spiro atoms. The summed E-state index contributed by atoms with van der Waals surface area (Å²) in [5.41, 5.74) is 0. The number of aliphatic hydroxyl groups is 1. The molecule has 0 radical (unpaired) electrons. The van der Waals surface area contributed by atoms with Crippen molar-refractivity contribution in [1.82, 2.24) is 0 Å². The van der Waals surface area contributed by atoms with Gasteiger partial charge in [0.15, 0.2) is 0 Å². The quantitative estimate of drug-likeness (QED) is 0.430. The lowest BCUT2D eigenvalue weighted by Crippen LogP contribution is -2.23. The molecule has 0 saturated heterocycles. The minimum atomic E-state index is -0.701. The summed E-state index contributed by atoms with van der Waals surface area (Å²) in [6.07, 6.45) is 22.0. The van der Waals surface area contributed by atoms with E-state index >= 15 is 0 Å². The van der Waals surface area contributed by atoms with Crippen LogP contribution in [0.4, 0.5) is 0 Å². The second kappa shape index (κ2) is 9.73. The Kier molecular flexibility index (Phi) is 7.36. The SMILES string of the molecule is O=C(O)CCCC=CC[C@H]1[C@@H]2CC[C@@H](C2)[C@@H]1C=CC(O)C1CCCCC1. The molecule has 26 heavy (non-hydrogen) atoms. The fourth-order valence-corrected chi connectivity index (χ4v) is 5.72. The van der Waals surface area contributed by atoms with Crippen LogP contribution in [-0.2, 0) is 4.79 Å². The number of unbranched alkanes of at least 4 members (excludes halogenated alkanes) is 1. The van der Waals surface area contributed by atoms with Gasteiger partial charge < -0.3 is 10.2 Å². The normalized spacial score (nSPS) is 33.4. The van der Waals surface area contributed by atoms with E-state index in [0.29, 0.717) is 11.8 Å². The number of rotatable bonds is 9. The Balaban J connectivity index is 1.49. The highest BCUT2D eigenvalue weighted by Gasteiger charge is 2.45. The van der Waals surface area contributed by atoms with Crippen molar-refractivity contribution in [3.63, 3.8) is 0 Å². The average molecular weight is 361 g/mol. The second-order valence-electron chi connectivity index (χ2n) is 8.84. The first-order valence-corrected chi connectivity index (χ1v) is 10.9. The fraction of sp³-hybridized carbons (Fsp3) is 0.783. The summed E-state index contributed by atoms with van der Waals surface area (Å²) in [5.74, 6) is 2.81. The van der Waals surface area contributed by atoms with Gasteiger partial charge in [0.2, 0.25) is 0 Å². The zero-order valence-electron chi connectivity index (χ0n) is 16.1. The Morgan fingerprint density at radius 3 is 2.58 bits per heavy atom. The van der Waals surface area contributed by atoms with Crippen LogP contribution < -0.4 is 0 Å². The molecule has 0 amide bonds. The van der Waals surface area contributed by atoms with E-state index in [1.165, 1.54) is 51.4 Å². The average Bonchev–Trinajstić information content (AvgIpc) is 3.24. The Morgan fingerprint density at radius 2 is 1.81 bits per heavy atom. The van der Waals surface area contributed by atoms with E-state index in [-0.39, 0.29) is 12.5 Å². The fourth-order valence-electron chi connectivity index (χ4n) is 5.72. The van der Waals surface area contributed by atoms with Crippen molar-refractivity contribution >= 4 is 5.97 Å². The molecule has 5 atom stereocenters. The van der Waals surface area contributed by atoms with E-state index in [0.717, 1.165) is 37.0 Å². The van der Waals surface area contributed by atoms with Crippen molar-refractivity contribution in [2.24, 2.45) is 29.6 Å². The lowest BCUT2D eigenvalue weighted by molar-refractivity contribution is -0.137. The molecule has 3 rings (SSSR count). The van der Waals surface area contributed by atoms with Crippen molar-refractivity contribution in [2.45, 2.75) is 83.2 Å². The standard InChI is InChI=1S/C23H36O3/c24-22(17-8-4-3-5-9-17)15-14-21-19-13-12-18(16-19)20(21)10-6-1-2-7-11-23(25)26/h1,6,14-15,17-22,24H,2-5,7-13,16H2,(H,25,26)/t18-,19+,20+,21+,22?/m1/s1. The molecule has 0 heterocycles. The van der Waals surface area contributed by atoms with Crippen LogP contribution in [0.1, 0.15) is 77.0 Å². The lowest BCUT2D eigenvalue weighted by Gasteiger charge is -2.29. The molecular formula is C23H36O3. The first-order chi connectivity index (χ1) is 12.6. The summed E-state index contributed by atoms with van der Waals surface area (Å²) in [5, 5.41) is 19.3. The maximum Gasteiger partial charge on any atom is 0.303 e. The van der Waals surface area contributed by atoms with Crippen molar-refractivity contribution in [3.8, 4) is 0 Å². The zero-order chi connectivity index (χ0) is 18.4. The largest absolute Gasteiger partial charge is 0.481 e. The Bertz CT molecular complexity index is 504. The molecule has 0 aromatic heterocycles. The molecule has 3 heteroatoms. The maximum atomic E-state index is 10.6. The van der Waals surface area contributed by atoms with Crippen LogP contribution in [0.3, 0.4) is 0 Å². The summed E-state index contributed by atoms with van der Waals surface area (Å²) in [4.78, 5) is 10.6. The highest BCUT2D eigenvalue weighted by Crippen LogP contribution is 2.54. The third kappa shape index (κ3) is 5.22. The van der Waals surface area contributed by atoms with Crippen LogP contribution >= 0.6 is 0 Å². The highest BCUT2D eigenvalue weighted by molar-refractivity contribution is 5.66. The summed E-state index contributed by atoms with van der Waals surface area (Å²) >= 11 is 0. The van der Waals surface area contributed by atoms with Gasteiger partial charge in [-0.1, -0.05) is 43.6 Å². The number of aliphatic carboxylic acids is 1. The Hall–Kier alpha value is -1.09. The lowest BCUT2D eigenvalue weighted by atomic mass is 9.76. The number of carboxylic acid groups (broad SMARTS) is 1. The van der Waals surface area contributed by atoms with Crippen LogP contribution in [0.5, 0.6) is 0 Å². The van der Waals surface area contributed by atoms with E-state index in [9.17, 15) is 9.90 Å². The molecule has 0 aliphatic heterocycles. The van der Waals surface area contributed by atoms with Crippen molar-refractivity contribution < 1.29 is 15.0 Å². The van der Waals surface area contributed by atoms with Gasteiger partial charge in [-0.3, -0.25) is 4.79 Å². The number of carboxylic acids is 1. The van der Waals surface area contributed by atoms with E-state index in [2.05, 4.69) is 24.3 Å². The first kappa shape index (κ1) is 19.7. The van der Waals surface area contributed by atoms with E-state index in [1.807, 2.05) is 0 Å². The Labute approximate surface area is 158 Å². The molecule has 0 aromatic carbocycles. The van der Waals surface area contributed by atoms with E-state index in [1.54, 1.807) is 0 Å². The third-order valence-corrected chi connectivity index (χ3v) is 7.16. The maximum absolute atomic E-state index is 10.6. The molecule has 0 aromatic rings. The van der Waals surface area contributed by atoms with E-state index < -0.39 is 5.97 Å². The summed E-state index contributed by atoms with van der Waals surface area (Å²) in [6, 6.07) is 0. The number of aliphatic hydroxyl groups excluding tert-OH is 1. The van der Waals surface area contributed by atoms with Gasteiger partial charge in [-0.25, -0.2) is 0 Å². The van der Waals surface area contributed by atoms with Gasteiger partial charge in [-0.15, -0.1) is 0 Å². The number of allylic oxidation sites excluding steroid dienone is 3. The van der Waals surface area contributed by atoms with Crippen LogP contribution in [0.15, 0.2) is 24.3 Å². The van der Waals surface area contributed by atoms with Crippen molar-refractivity contribution in [3.05, 3.63) is 24.3 Å². The van der Waals surface area contributed by atoms with Crippen LogP contribution in [-0.4, -0.2) is 22.3 Å². The molecule has 146 valence electrons. The zero-order valence-corrected chi connectivity index (χ0v) is 16.1. The van der Waals surface area contributed by atoms with Crippen LogP contribution in [0.2, 0.25) is 0 Å². The minimum absolute atomic E-state index is 0.248. The molecule has 3 aliphatic rings. The molecular weight excluding hydrogens is 324 g/mol. The van der Waals surface area contributed by atoms with Crippen LogP contribution in [0.25, 0.3) is 0 Å². The molecule has 3 nitrogen and oxygen atoms in total. The number of carbonyl (C=O) groups is 1. The summed E-state index contributed by atoms with van der Waals surface area (Å²) < 4.78 is 0. The van der Waals surface area contributed by atoms with Gasteiger partial charge in [0.05, 0.1) is 6.10 Å². The molecule has 3 aliphatic carbocycles. The number of fused-ring (bicyclic) bond motifs is 2. The number of hydrogen-bond acceptors (Lipinski definition) is 2. The topological polar surface area (TPSA) is 57.5 Å². The molecule has 3 saturated carbocycles. The predicted molar refractivity (Wildman–Crippen MR) is 105 cm³/mol. The molecule has 3 fully saturated rings. The van der Waals surface area contributed by atoms with Gasteiger partial charge in [0, 0.05) is 6.42 Å². The van der Waals surface area contributed by atoms with Gasteiger partial charge in [-0.05, 0) is 81.0 Å². The monoisotopic (exact) mass is 360 g/mol. The smallest absolute Gasteiger partial charge is 0.303 e. The predicted octanol–water partition coefficient (Wildman–Crippen LogP) is 5.35. The number of hydrogen-bond donors (Lipinski definition) is 2. The summed E-state index contributed by atoms with van der Waals surface area (Å²) in [6.45, 7) is 0. The van der Waals surface area contributed by atoms with Gasteiger partial charge in [0.25, 0.3) is 0 Å². The summed E-state index contributed by atoms with van der Waals surface area (Å²) in [7, 11) is 0. The van der Waals surface area contributed by atoms with E-state index in [4.69, 9.17) is 5.11 Å². The molecule has 1 unspecified atom stereocenters. The second-order valence-corrected chi connectivity index (χ2v) is 8.84. The Morgan fingerprint density at radius 1 is 1.04 bits per heavy atom. The van der Waals surface area contributed by atoms with Crippen molar-refractivity contribution in [1.29, 1.82) is 0 Å². The highest BCUT2D eigenvalue weighted by atomic mass is 16.4. The molecule has 2 N–H and O–H groups in total. The third-order valence-electron chi connectivity index (χ3n) is 7.16.